The van der Waals surface area contributed by atoms with Gasteiger partial charge in [-0.2, -0.15) is 0 Å². The van der Waals surface area contributed by atoms with Crippen LogP contribution in [0, 0.1) is 0 Å². The van der Waals surface area contributed by atoms with E-state index < -0.39 is 0 Å². The van der Waals surface area contributed by atoms with Gasteiger partial charge in [0.2, 0.25) is 0 Å². The summed E-state index contributed by atoms with van der Waals surface area (Å²) in [5, 5.41) is 1.79. The molecule has 8 rings (SSSR count). The summed E-state index contributed by atoms with van der Waals surface area (Å²) in [5.74, 6) is 0. The molecule has 2 unspecified atom stereocenters. The molecule has 0 saturated heterocycles. The fraction of sp³-hybridized carbons (Fsp3) is 0.0667. The Morgan fingerprint density at radius 2 is 1.60 bits per heavy atom. The Morgan fingerprint density at radius 3 is 2.51 bits per heavy atom. The van der Waals surface area contributed by atoms with Crippen LogP contribution in [-0.2, 0) is 0 Å². The van der Waals surface area contributed by atoms with Gasteiger partial charge in [-0.15, -0.1) is 11.8 Å². The standard InChI is InChI=1S/C30H20N4S/c1-2-10-20(11-3-1)33-23-14-8-16-31-29(23)30-25(33)18-24-28(32-30)21-12-5-6-13-22(21)34(24)27-17-19-9-4-7-15-26(19)35-27/h1-18,26-27H. The molecule has 0 amide bonds. The molecule has 4 aromatic heterocycles. The molecule has 1 aliphatic heterocycles. The van der Waals surface area contributed by atoms with Crippen molar-refractivity contribution in [3.63, 3.8) is 0 Å². The molecule has 2 aliphatic rings. The third kappa shape index (κ3) is 2.70. The summed E-state index contributed by atoms with van der Waals surface area (Å²) >= 11 is 1.98. The second-order valence-corrected chi connectivity index (χ2v) is 10.3. The third-order valence-corrected chi connectivity index (χ3v) is 8.41. The van der Waals surface area contributed by atoms with E-state index in [4.69, 9.17) is 9.97 Å². The van der Waals surface area contributed by atoms with Gasteiger partial charge in [-0.3, -0.25) is 4.98 Å². The lowest BCUT2D eigenvalue weighted by molar-refractivity contribution is 0.878. The van der Waals surface area contributed by atoms with Crippen molar-refractivity contribution in [2.75, 3.05) is 0 Å². The van der Waals surface area contributed by atoms with Crippen LogP contribution in [0.25, 0.3) is 49.7 Å². The van der Waals surface area contributed by atoms with Crippen molar-refractivity contribution in [1.29, 1.82) is 0 Å². The smallest absolute Gasteiger partial charge is 0.116 e. The highest BCUT2D eigenvalue weighted by Gasteiger charge is 2.29. The number of fused-ring (bicyclic) bond motifs is 7. The van der Waals surface area contributed by atoms with Crippen LogP contribution in [0.2, 0.25) is 0 Å². The molecule has 2 atom stereocenters. The molecule has 0 N–H and O–H groups in total. The molecule has 2 aromatic carbocycles. The molecule has 0 bridgehead atoms. The van der Waals surface area contributed by atoms with E-state index >= 15 is 0 Å². The largest absolute Gasteiger partial charge is 0.323 e. The minimum atomic E-state index is 0.205. The summed E-state index contributed by atoms with van der Waals surface area (Å²) in [5.41, 5.74) is 9.92. The molecule has 5 heterocycles. The Balaban J connectivity index is 1.50. The predicted octanol–water partition coefficient (Wildman–Crippen LogP) is 7.35. The van der Waals surface area contributed by atoms with Gasteiger partial charge in [-0.05, 0) is 48.0 Å². The highest BCUT2D eigenvalue weighted by Crippen LogP contribution is 2.46. The van der Waals surface area contributed by atoms with Crippen molar-refractivity contribution >= 4 is 55.8 Å². The number of benzene rings is 2. The average Bonchev–Trinajstić information content (AvgIpc) is 3.57. The zero-order valence-corrected chi connectivity index (χ0v) is 19.6. The van der Waals surface area contributed by atoms with Crippen molar-refractivity contribution in [3.05, 3.63) is 115 Å². The Kier molecular flexibility index (Phi) is 3.96. The number of allylic oxidation sites excluding steroid dienone is 3. The second kappa shape index (κ2) is 7.20. The van der Waals surface area contributed by atoms with E-state index in [0.29, 0.717) is 5.25 Å². The van der Waals surface area contributed by atoms with Crippen LogP contribution in [0.15, 0.2) is 115 Å². The van der Waals surface area contributed by atoms with Crippen molar-refractivity contribution in [2.45, 2.75) is 10.6 Å². The zero-order chi connectivity index (χ0) is 22.9. The number of hydrogen-bond acceptors (Lipinski definition) is 3. The number of para-hydroxylation sites is 2. The summed E-state index contributed by atoms with van der Waals surface area (Å²) in [7, 11) is 0. The highest BCUT2D eigenvalue weighted by atomic mass is 32.2. The van der Waals surface area contributed by atoms with Gasteiger partial charge in [0, 0.05) is 17.3 Å². The number of nitrogens with zero attached hydrogens (tertiary/aromatic N) is 4. The number of rotatable bonds is 2. The lowest BCUT2D eigenvalue weighted by Gasteiger charge is -2.16. The normalized spacial score (nSPS) is 19.3. The van der Waals surface area contributed by atoms with Crippen LogP contribution < -0.4 is 0 Å². The number of pyridine rings is 2. The maximum absolute atomic E-state index is 5.30. The van der Waals surface area contributed by atoms with Crippen molar-refractivity contribution < 1.29 is 0 Å². The second-order valence-electron chi connectivity index (χ2n) is 9.01. The Bertz CT molecular complexity index is 1890. The van der Waals surface area contributed by atoms with Gasteiger partial charge < -0.3 is 9.13 Å². The Morgan fingerprint density at radius 1 is 0.743 bits per heavy atom. The first kappa shape index (κ1) is 19.2. The van der Waals surface area contributed by atoms with E-state index in [-0.39, 0.29) is 5.37 Å². The van der Waals surface area contributed by atoms with Crippen LogP contribution >= 0.6 is 11.8 Å². The fourth-order valence-corrected chi connectivity index (χ4v) is 6.93. The molecular formula is C30H20N4S. The van der Waals surface area contributed by atoms with Gasteiger partial charge in [-0.25, -0.2) is 4.98 Å². The van der Waals surface area contributed by atoms with Gasteiger partial charge in [0.25, 0.3) is 0 Å². The van der Waals surface area contributed by atoms with E-state index in [0.717, 1.165) is 38.8 Å². The van der Waals surface area contributed by atoms with Gasteiger partial charge in [0.1, 0.15) is 16.4 Å². The van der Waals surface area contributed by atoms with Crippen LogP contribution in [0.4, 0.5) is 0 Å². The van der Waals surface area contributed by atoms with Crippen LogP contribution in [0.3, 0.4) is 0 Å². The first-order valence-corrected chi connectivity index (χ1v) is 12.8. The van der Waals surface area contributed by atoms with E-state index in [2.05, 4.69) is 106 Å². The zero-order valence-electron chi connectivity index (χ0n) is 18.7. The molecule has 6 aromatic rings. The van der Waals surface area contributed by atoms with Gasteiger partial charge in [0.05, 0.1) is 32.8 Å². The first-order chi connectivity index (χ1) is 17.4. The molecule has 166 valence electrons. The lowest BCUT2D eigenvalue weighted by atomic mass is 10.1. The molecular weight excluding hydrogens is 448 g/mol. The van der Waals surface area contributed by atoms with Gasteiger partial charge in [-0.1, -0.05) is 60.7 Å². The number of hydrogen-bond donors (Lipinski definition) is 0. The highest BCUT2D eigenvalue weighted by molar-refractivity contribution is 8.00. The van der Waals surface area contributed by atoms with Crippen molar-refractivity contribution in [3.8, 4) is 5.69 Å². The number of thioether (sulfide) groups is 1. The van der Waals surface area contributed by atoms with Crippen LogP contribution in [0.5, 0.6) is 0 Å². The van der Waals surface area contributed by atoms with Crippen molar-refractivity contribution in [2.24, 2.45) is 0 Å². The van der Waals surface area contributed by atoms with Crippen LogP contribution in [0.1, 0.15) is 5.37 Å². The molecule has 1 aliphatic carbocycles. The maximum Gasteiger partial charge on any atom is 0.116 e. The predicted molar refractivity (Wildman–Crippen MR) is 146 cm³/mol. The van der Waals surface area contributed by atoms with Gasteiger partial charge >= 0.3 is 0 Å². The fourth-order valence-electron chi connectivity index (χ4n) is 5.55. The molecule has 0 radical (unpaired) electrons. The molecule has 35 heavy (non-hydrogen) atoms. The quantitative estimate of drug-likeness (QED) is 0.267. The van der Waals surface area contributed by atoms with E-state index in [1.165, 1.54) is 16.5 Å². The summed E-state index contributed by atoms with van der Waals surface area (Å²) in [6, 6.07) is 25.6. The number of aromatic nitrogens is 4. The maximum atomic E-state index is 5.30. The summed E-state index contributed by atoms with van der Waals surface area (Å²) in [6.07, 6.45) is 13.1. The van der Waals surface area contributed by atoms with Crippen LogP contribution in [-0.4, -0.2) is 24.4 Å². The molecule has 0 saturated carbocycles. The first-order valence-electron chi connectivity index (χ1n) is 11.8. The lowest BCUT2D eigenvalue weighted by Crippen LogP contribution is -2.03. The van der Waals surface area contributed by atoms with E-state index in [1.54, 1.807) is 0 Å². The summed E-state index contributed by atoms with van der Waals surface area (Å²) in [6.45, 7) is 0. The Hall–Kier alpha value is -4.09. The topological polar surface area (TPSA) is 35.6 Å². The summed E-state index contributed by atoms with van der Waals surface area (Å²) in [4.78, 5) is 10.1. The third-order valence-electron chi connectivity index (χ3n) is 7.06. The molecule has 0 spiro atoms. The Labute approximate surface area is 205 Å². The van der Waals surface area contributed by atoms with E-state index in [9.17, 15) is 0 Å². The summed E-state index contributed by atoms with van der Waals surface area (Å²) < 4.78 is 4.76. The molecule has 5 heteroatoms. The molecule has 0 fully saturated rings. The van der Waals surface area contributed by atoms with E-state index in [1.807, 2.05) is 24.0 Å². The van der Waals surface area contributed by atoms with Gasteiger partial charge in [0.15, 0.2) is 0 Å². The monoisotopic (exact) mass is 468 g/mol. The SMILES string of the molecule is C1=CC2=CC(n3c4ccccc4c4nc5c6ncccc6n(-c6ccccc6)c5cc43)SC2C=C1. The van der Waals surface area contributed by atoms with Crippen molar-refractivity contribution in [1.82, 2.24) is 19.1 Å². The molecule has 4 nitrogen and oxygen atoms in total. The minimum Gasteiger partial charge on any atom is -0.323 e. The minimum absolute atomic E-state index is 0.205. The average molecular weight is 469 g/mol.